The largest absolute Gasteiger partial charge is 0.330 e. The van der Waals surface area contributed by atoms with Gasteiger partial charge in [-0.3, -0.25) is 0 Å². The van der Waals surface area contributed by atoms with Crippen LogP contribution in [0.3, 0.4) is 0 Å². The van der Waals surface area contributed by atoms with E-state index in [0.29, 0.717) is 6.54 Å². The summed E-state index contributed by atoms with van der Waals surface area (Å²) in [6.45, 7) is 0.664. The molecule has 1 nitrogen and oxygen atoms in total. The Hall–Kier alpha value is -1.02. The number of hydrogen-bond acceptors (Lipinski definition) is 1. The van der Waals surface area contributed by atoms with Crippen molar-refractivity contribution < 1.29 is 0 Å². The molecule has 0 aliphatic rings. The van der Waals surface area contributed by atoms with Gasteiger partial charge >= 0.3 is 0 Å². The van der Waals surface area contributed by atoms with Crippen LogP contribution < -0.4 is 5.73 Å². The maximum atomic E-state index is 6.00. The molecule has 0 radical (unpaired) electrons. The van der Waals surface area contributed by atoms with Crippen molar-refractivity contribution in [2.24, 2.45) is 5.73 Å². The van der Waals surface area contributed by atoms with Gasteiger partial charge < -0.3 is 5.73 Å². The summed E-state index contributed by atoms with van der Waals surface area (Å²) in [5.74, 6) is 0. The lowest BCUT2D eigenvalue weighted by Crippen LogP contribution is -2.03. The molecule has 0 atom stereocenters. The molecule has 3 heteroatoms. The Kier molecular flexibility index (Phi) is 5.49. The van der Waals surface area contributed by atoms with Crippen LogP contribution in [0, 0.1) is 0 Å². The van der Waals surface area contributed by atoms with Crippen molar-refractivity contribution >= 4 is 24.0 Å². The third-order valence-corrected chi connectivity index (χ3v) is 2.80. The van der Waals surface area contributed by atoms with Crippen LogP contribution >= 0.6 is 24.0 Å². The van der Waals surface area contributed by atoms with Gasteiger partial charge in [0.05, 0.1) is 0 Å². The number of benzene rings is 2. The topological polar surface area (TPSA) is 26.0 Å². The van der Waals surface area contributed by atoms with Gasteiger partial charge in [-0.15, -0.1) is 12.4 Å². The first-order chi connectivity index (χ1) is 7.81. The van der Waals surface area contributed by atoms with Gasteiger partial charge in [0.2, 0.25) is 0 Å². The third kappa shape index (κ3) is 3.47. The van der Waals surface area contributed by atoms with E-state index in [-0.39, 0.29) is 12.4 Å². The predicted molar refractivity (Wildman–Crippen MR) is 76.9 cm³/mol. The predicted octanol–water partition coefficient (Wildman–Crippen LogP) is 3.93. The van der Waals surface area contributed by atoms with Crippen LogP contribution in [0.4, 0.5) is 0 Å². The normalized spacial score (nSPS) is 9.76. The SMILES string of the molecule is Cl.NCCc1ccccc1-c1cccc(Cl)c1. The average molecular weight is 268 g/mol. The Morgan fingerprint density at radius 3 is 2.47 bits per heavy atom. The summed E-state index contributed by atoms with van der Waals surface area (Å²) in [4.78, 5) is 0. The summed E-state index contributed by atoms with van der Waals surface area (Å²) in [6, 6.07) is 16.2. The van der Waals surface area contributed by atoms with E-state index in [1.807, 2.05) is 30.3 Å². The first-order valence-electron chi connectivity index (χ1n) is 5.35. The highest BCUT2D eigenvalue weighted by atomic mass is 35.5. The van der Waals surface area contributed by atoms with Crippen molar-refractivity contribution in [3.63, 3.8) is 0 Å². The van der Waals surface area contributed by atoms with Gasteiger partial charge in [-0.2, -0.15) is 0 Å². The van der Waals surface area contributed by atoms with Gasteiger partial charge in [-0.1, -0.05) is 48.0 Å². The van der Waals surface area contributed by atoms with Gasteiger partial charge in [-0.25, -0.2) is 0 Å². The van der Waals surface area contributed by atoms with Crippen LogP contribution in [-0.4, -0.2) is 6.54 Å². The summed E-state index contributed by atoms with van der Waals surface area (Å²) >= 11 is 6.00. The minimum atomic E-state index is 0. The highest BCUT2D eigenvalue weighted by Gasteiger charge is 2.03. The summed E-state index contributed by atoms with van der Waals surface area (Å²) < 4.78 is 0. The molecule has 0 unspecified atom stereocenters. The summed E-state index contributed by atoms with van der Waals surface area (Å²) in [6.07, 6.45) is 0.892. The van der Waals surface area contributed by atoms with Crippen molar-refractivity contribution in [2.45, 2.75) is 6.42 Å². The first kappa shape index (κ1) is 14.0. The Labute approximate surface area is 113 Å². The van der Waals surface area contributed by atoms with E-state index in [0.717, 1.165) is 17.0 Å². The fraction of sp³-hybridized carbons (Fsp3) is 0.143. The Morgan fingerprint density at radius 1 is 1.00 bits per heavy atom. The minimum absolute atomic E-state index is 0. The standard InChI is InChI=1S/C14H14ClN.ClH/c15-13-6-3-5-12(10-13)14-7-2-1-4-11(14)8-9-16;/h1-7,10H,8-9,16H2;1H. The maximum Gasteiger partial charge on any atom is 0.0412 e. The van der Waals surface area contributed by atoms with Gasteiger partial charge in [0.15, 0.2) is 0 Å². The van der Waals surface area contributed by atoms with Crippen molar-refractivity contribution in [2.75, 3.05) is 6.54 Å². The smallest absolute Gasteiger partial charge is 0.0412 e. The van der Waals surface area contributed by atoms with Crippen molar-refractivity contribution in [3.8, 4) is 11.1 Å². The fourth-order valence-electron chi connectivity index (χ4n) is 1.83. The average Bonchev–Trinajstić information content (AvgIpc) is 2.30. The minimum Gasteiger partial charge on any atom is -0.330 e. The molecule has 0 saturated heterocycles. The summed E-state index contributed by atoms with van der Waals surface area (Å²) in [7, 11) is 0. The Balaban J connectivity index is 0.00000144. The van der Waals surface area contributed by atoms with E-state index in [2.05, 4.69) is 18.2 Å². The second kappa shape index (κ2) is 6.65. The molecule has 0 aromatic heterocycles. The zero-order chi connectivity index (χ0) is 11.4. The monoisotopic (exact) mass is 267 g/mol. The van der Waals surface area contributed by atoms with E-state index >= 15 is 0 Å². The van der Waals surface area contributed by atoms with Crippen LogP contribution in [0.25, 0.3) is 11.1 Å². The number of rotatable bonds is 3. The molecule has 0 saturated carbocycles. The lowest BCUT2D eigenvalue weighted by molar-refractivity contribution is 0.971. The second-order valence-corrected chi connectivity index (χ2v) is 4.14. The molecular formula is C14H15Cl2N. The Bertz CT molecular complexity index is 483. The van der Waals surface area contributed by atoms with Crippen LogP contribution in [0.5, 0.6) is 0 Å². The zero-order valence-electron chi connectivity index (χ0n) is 9.40. The molecule has 2 aromatic rings. The molecule has 0 bridgehead atoms. The second-order valence-electron chi connectivity index (χ2n) is 3.71. The zero-order valence-corrected chi connectivity index (χ0v) is 11.0. The first-order valence-corrected chi connectivity index (χ1v) is 5.73. The molecule has 0 aliphatic carbocycles. The van der Waals surface area contributed by atoms with E-state index in [1.165, 1.54) is 11.1 Å². The van der Waals surface area contributed by atoms with Gasteiger partial charge in [0.25, 0.3) is 0 Å². The number of hydrogen-bond donors (Lipinski definition) is 1. The lowest BCUT2D eigenvalue weighted by Gasteiger charge is -2.08. The molecule has 0 spiro atoms. The quantitative estimate of drug-likeness (QED) is 0.896. The molecule has 17 heavy (non-hydrogen) atoms. The Morgan fingerprint density at radius 2 is 1.76 bits per heavy atom. The van der Waals surface area contributed by atoms with Crippen LogP contribution in [0.15, 0.2) is 48.5 Å². The third-order valence-electron chi connectivity index (χ3n) is 2.57. The molecule has 2 rings (SSSR count). The maximum absolute atomic E-state index is 6.00. The number of halogens is 2. The van der Waals surface area contributed by atoms with Crippen molar-refractivity contribution in [1.29, 1.82) is 0 Å². The van der Waals surface area contributed by atoms with E-state index in [1.54, 1.807) is 0 Å². The van der Waals surface area contributed by atoms with Crippen molar-refractivity contribution in [3.05, 3.63) is 59.1 Å². The fourth-order valence-corrected chi connectivity index (χ4v) is 2.02. The summed E-state index contributed by atoms with van der Waals surface area (Å²) in [5.41, 5.74) is 9.25. The highest BCUT2D eigenvalue weighted by molar-refractivity contribution is 6.30. The molecule has 0 amide bonds. The molecule has 0 fully saturated rings. The molecular weight excluding hydrogens is 253 g/mol. The van der Waals surface area contributed by atoms with Crippen LogP contribution in [0.1, 0.15) is 5.56 Å². The number of nitrogens with two attached hydrogens (primary N) is 1. The van der Waals surface area contributed by atoms with Gasteiger partial charge in [0.1, 0.15) is 0 Å². The highest BCUT2D eigenvalue weighted by Crippen LogP contribution is 2.26. The van der Waals surface area contributed by atoms with Crippen LogP contribution in [0.2, 0.25) is 5.02 Å². The van der Waals surface area contributed by atoms with E-state index in [9.17, 15) is 0 Å². The van der Waals surface area contributed by atoms with Gasteiger partial charge in [0, 0.05) is 5.02 Å². The van der Waals surface area contributed by atoms with Crippen molar-refractivity contribution in [1.82, 2.24) is 0 Å². The molecule has 90 valence electrons. The summed E-state index contributed by atoms with van der Waals surface area (Å²) in [5, 5.41) is 0.764. The molecule has 0 heterocycles. The van der Waals surface area contributed by atoms with Gasteiger partial charge in [-0.05, 0) is 41.8 Å². The van der Waals surface area contributed by atoms with E-state index in [4.69, 9.17) is 17.3 Å². The van der Waals surface area contributed by atoms with E-state index < -0.39 is 0 Å². The van der Waals surface area contributed by atoms with Crippen LogP contribution in [-0.2, 0) is 6.42 Å². The molecule has 2 aromatic carbocycles. The molecule has 2 N–H and O–H groups in total. The molecule has 0 aliphatic heterocycles. The lowest BCUT2D eigenvalue weighted by atomic mass is 9.98.